The van der Waals surface area contributed by atoms with E-state index in [0.717, 1.165) is 51.4 Å². The van der Waals surface area contributed by atoms with Gasteiger partial charge in [-0.25, -0.2) is 0 Å². The lowest BCUT2D eigenvalue weighted by molar-refractivity contribution is -0.870. The molecule has 1 amide bonds. The summed E-state index contributed by atoms with van der Waals surface area (Å²) in [5.41, 5.74) is 0. The molecule has 0 heterocycles. The van der Waals surface area contributed by atoms with Crippen molar-refractivity contribution in [3.63, 3.8) is 0 Å². The fraction of sp³-hybridized carbons (Fsp3) is 0.855. The number of amides is 1. The van der Waals surface area contributed by atoms with E-state index in [0.29, 0.717) is 17.4 Å². The minimum atomic E-state index is -4.58. The first-order valence-electron chi connectivity index (χ1n) is 30.5. The molecule has 0 aliphatic heterocycles. The van der Waals surface area contributed by atoms with Gasteiger partial charge in [-0.2, -0.15) is 0 Å². The second-order valence-corrected chi connectivity index (χ2v) is 23.5. The Labute approximate surface area is 441 Å². The fourth-order valence-electron chi connectivity index (χ4n) is 8.99. The number of hydrogen-bond donors (Lipinski definition) is 2. The summed E-state index contributed by atoms with van der Waals surface area (Å²) in [7, 11) is 1.27. The van der Waals surface area contributed by atoms with Gasteiger partial charge in [0, 0.05) is 6.42 Å². The first-order valence-corrected chi connectivity index (χ1v) is 32.0. The summed E-state index contributed by atoms with van der Waals surface area (Å²) < 4.78 is 23.2. The number of rotatable bonds is 56. The molecule has 0 aromatic rings. The Morgan fingerprint density at radius 2 is 0.817 bits per heavy atom. The number of carbonyl (C=O) groups excluding carboxylic acids is 1. The van der Waals surface area contributed by atoms with E-state index in [-0.39, 0.29) is 19.1 Å². The highest BCUT2D eigenvalue weighted by Gasteiger charge is 2.23. The Balaban J connectivity index is 3.74. The molecule has 0 aliphatic rings. The topological polar surface area (TPSA) is 108 Å². The van der Waals surface area contributed by atoms with Crippen LogP contribution in [0.15, 0.2) is 48.6 Å². The highest BCUT2D eigenvalue weighted by atomic mass is 31.2. The van der Waals surface area contributed by atoms with Crippen LogP contribution in [0.1, 0.15) is 290 Å². The van der Waals surface area contributed by atoms with Crippen molar-refractivity contribution in [2.75, 3.05) is 40.9 Å². The van der Waals surface area contributed by atoms with E-state index >= 15 is 0 Å². The van der Waals surface area contributed by atoms with Crippen LogP contribution in [0.4, 0.5) is 0 Å². The van der Waals surface area contributed by atoms with Gasteiger partial charge in [0.2, 0.25) is 5.91 Å². The van der Waals surface area contributed by atoms with Crippen molar-refractivity contribution in [2.45, 2.75) is 302 Å². The van der Waals surface area contributed by atoms with Crippen molar-refractivity contribution in [1.82, 2.24) is 5.32 Å². The molecule has 0 aromatic carbocycles. The molecule has 3 unspecified atom stereocenters. The number of likely N-dealkylation sites (N-methyl/N-ethyl adjacent to an activating group) is 1. The number of nitrogens with zero attached hydrogens (tertiary/aromatic N) is 1. The van der Waals surface area contributed by atoms with Gasteiger partial charge in [-0.15, -0.1) is 0 Å². The maximum atomic E-state index is 12.9. The molecule has 9 heteroatoms. The molecule has 2 N–H and O–H groups in total. The zero-order valence-electron chi connectivity index (χ0n) is 47.7. The summed E-state index contributed by atoms with van der Waals surface area (Å²) in [6.07, 6.45) is 71.1. The lowest BCUT2D eigenvalue weighted by Gasteiger charge is -2.29. The highest BCUT2D eigenvalue weighted by molar-refractivity contribution is 7.45. The Morgan fingerprint density at radius 1 is 0.493 bits per heavy atom. The van der Waals surface area contributed by atoms with Crippen LogP contribution in [-0.2, 0) is 18.4 Å². The van der Waals surface area contributed by atoms with Gasteiger partial charge >= 0.3 is 0 Å². The number of aliphatic hydroxyl groups excluding tert-OH is 1. The van der Waals surface area contributed by atoms with Crippen molar-refractivity contribution < 1.29 is 32.9 Å². The fourth-order valence-corrected chi connectivity index (χ4v) is 9.71. The zero-order chi connectivity index (χ0) is 52.0. The smallest absolute Gasteiger partial charge is 0.268 e. The van der Waals surface area contributed by atoms with Crippen LogP contribution in [0.3, 0.4) is 0 Å². The maximum Gasteiger partial charge on any atom is 0.268 e. The third-order valence-corrected chi connectivity index (χ3v) is 14.7. The van der Waals surface area contributed by atoms with E-state index in [1.54, 1.807) is 6.08 Å². The Bertz CT molecular complexity index is 1290. The number of aliphatic hydroxyl groups is 1. The Kier molecular flexibility index (Phi) is 52.1. The largest absolute Gasteiger partial charge is 0.756 e. The lowest BCUT2D eigenvalue weighted by atomic mass is 10.0. The molecule has 0 saturated carbocycles. The summed E-state index contributed by atoms with van der Waals surface area (Å²) in [4.78, 5) is 25.3. The van der Waals surface area contributed by atoms with Crippen LogP contribution < -0.4 is 10.2 Å². The quantitative estimate of drug-likeness (QED) is 0.0272. The van der Waals surface area contributed by atoms with Crippen LogP contribution in [0.25, 0.3) is 0 Å². The average Bonchev–Trinajstić information content (AvgIpc) is 3.33. The van der Waals surface area contributed by atoms with Crippen molar-refractivity contribution in [3.05, 3.63) is 48.6 Å². The van der Waals surface area contributed by atoms with Gasteiger partial charge in [0.15, 0.2) is 0 Å². The number of allylic oxidation sites excluding steroid dienone is 7. The maximum absolute atomic E-state index is 12.9. The summed E-state index contributed by atoms with van der Waals surface area (Å²) in [6, 6.07) is -0.882. The molecule has 0 spiro atoms. The van der Waals surface area contributed by atoms with Crippen LogP contribution in [0.5, 0.6) is 0 Å². The Hall–Kier alpha value is -1.54. The first kappa shape index (κ1) is 69.5. The minimum Gasteiger partial charge on any atom is -0.756 e. The summed E-state index contributed by atoms with van der Waals surface area (Å²) in [5, 5.41) is 13.7. The van der Waals surface area contributed by atoms with Crippen molar-refractivity contribution in [1.29, 1.82) is 0 Å². The number of phosphoric ester groups is 1. The van der Waals surface area contributed by atoms with Gasteiger partial charge in [-0.1, -0.05) is 274 Å². The number of unbranched alkanes of at least 4 members (excludes halogenated alkanes) is 37. The minimum absolute atomic E-state index is 0.0000424. The SMILES string of the molecule is CCCCCCC/C=C\C/C=C\C/C=C\CCCCCCCCCCCCCCCCCCCCCCCCCCCCC(=O)NC(COP(=O)([O-])OCC[N+](C)(C)C)C(O)/C=C/CCCCCCCC. The molecule has 3 atom stereocenters. The number of phosphoric acid groups is 1. The number of nitrogens with one attached hydrogen (secondary N) is 1. The summed E-state index contributed by atoms with van der Waals surface area (Å²) >= 11 is 0. The van der Waals surface area contributed by atoms with Crippen LogP contribution >= 0.6 is 7.82 Å². The van der Waals surface area contributed by atoms with E-state index in [1.165, 1.54) is 218 Å². The summed E-state index contributed by atoms with van der Waals surface area (Å²) in [6.45, 7) is 4.60. The molecular formula is C62H119N2O6P. The normalized spacial score (nSPS) is 14.2. The highest BCUT2D eigenvalue weighted by Crippen LogP contribution is 2.38. The molecule has 0 aliphatic carbocycles. The number of quaternary nitrogens is 1. The molecule has 0 radical (unpaired) electrons. The standard InChI is InChI=1S/C62H119N2O6P/c1-6-8-10-12-14-16-17-18-19-20-21-22-23-24-25-26-27-28-29-30-31-32-33-34-35-36-37-38-39-40-41-42-43-44-45-46-47-48-50-52-54-56-62(66)63-60(59-70-71(67,68)69-58-57-64(3,4)5)61(65)55-53-51-49-15-13-11-9-7-2/h17-18,20-21,23-24,53,55,60-61,65H,6-16,19,22,25-52,54,56-59H2,1-5H3,(H-,63,66,67,68)/b18-17-,21-20-,24-23-,55-53+. The molecule has 0 saturated heterocycles. The van der Waals surface area contributed by atoms with E-state index in [2.05, 4.69) is 55.6 Å². The summed E-state index contributed by atoms with van der Waals surface area (Å²) in [5.74, 6) is -0.197. The van der Waals surface area contributed by atoms with Gasteiger partial charge in [0.05, 0.1) is 39.9 Å². The molecular weight excluding hydrogens is 900 g/mol. The lowest BCUT2D eigenvalue weighted by Crippen LogP contribution is -2.45. The molecule has 0 fully saturated rings. The first-order chi connectivity index (χ1) is 34.5. The van der Waals surface area contributed by atoms with E-state index < -0.39 is 20.0 Å². The van der Waals surface area contributed by atoms with Crippen molar-refractivity contribution in [3.8, 4) is 0 Å². The van der Waals surface area contributed by atoms with Gasteiger partial charge in [-0.05, 0) is 57.8 Å². The van der Waals surface area contributed by atoms with Crippen LogP contribution in [-0.4, -0.2) is 68.5 Å². The number of carbonyl (C=O) groups is 1. The molecule has 418 valence electrons. The third kappa shape index (κ3) is 56.0. The van der Waals surface area contributed by atoms with E-state index in [4.69, 9.17) is 9.05 Å². The molecule has 8 nitrogen and oxygen atoms in total. The molecule has 0 aromatic heterocycles. The Morgan fingerprint density at radius 3 is 1.18 bits per heavy atom. The molecule has 71 heavy (non-hydrogen) atoms. The third-order valence-electron chi connectivity index (χ3n) is 13.8. The van der Waals surface area contributed by atoms with Crippen molar-refractivity contribution >= 4 is 13.7 Å². The molecule has 0 rings (SSSR count). The average molecular weight is 1020 g/mol. The van der Waals surface area contributed by atoms with Gasteiger partial charge in [-0.3, -0.25) is 9.36 Å². The van der Waals surface area contributed by atoms with Gasteiger partial charge < -0.3 is 28.8 Å². The van der Waals surface area contributed by atoms with Gasteiger partial charge in [0.1, 0.15) is 13.2 Å². The number of hydrogen-bond acceptors (Lipinski definition) is 6. The predicted molar refractivity (Wildman–Crippen MR) is 307 cm³/mol. The second kappa shape index (κ2) is 53.3. The predicted octanol–water partition coefficient (Wildman–Crippen LogP) is 18.1. The van der Waals surface area contributed by atoms with Gasteiger partial charge in [0.25, 0.3) is 7.82 Å². The molecule has 0 bridgehead atoms. The second-order valence-electron chi connectivity index (χ2n) is 22.1. The van der Waals surface area contributed by atoms with Crippen molar-refractivity contribution in [2.24, 2.45) is 0 Å². The van der Waals surface area contributed by atoms with Crippen LogP contribution in [0.2, 0.25) is 0 Å². The van der Waals surface area contributed by atoms with Crippen LogP contribution in [0, 0.1) is 0 Å². The zero-order valence-corrected chi connectivity index (χ0v) is 48.6. The van der Waals surface area contributed by atoms with E-state index in [9.17, 15) is 19.4 Å². The van der Waals surface area contributed by atoms with E-state index in [1.807, 2.05) is 27.2 Å². The monoisotopic (exact) mass is 1020 g/mol.